The van der Waals surface area contributed by atoms with E-state index in [4.69, 9.17) is 24.7 Å². The number of fused-ring (bicyclic) bond motifs is 1. The van der Waals surface area contributed by atoms with Crippen molar-refractivity contribution in [1.82, 2.24) is 10.2 Å². The summed E-state index contributed by atoms with van der Waals surface area (Å²) in [6.07, 6.45) is 0. The molecule has 9 nitrogen and oxygen atoms in total. The molecule has 0 saturated heterocycles. The number of allylic oxidation sites excluding steroid dienone is 1. The minimum absolute atomic E-state index is 0.0288. The zero-order valence-electron chi connectivity index (χ0n) is 20.0. The number of aromatic nitrogens is 2. The number of hydrogen-bond donors (Lipinski definition) is 2. The van der Waals surface area contributed by atoms with E-state index in [1.54, 1.807) is 42.8 Å². The molecule has 1 aliphatic rings. The number of nitriles is 1. The van der Waals surface area contributed by atoms with Crippen LogP contribution in [0, 0.1) is 11.3 Å². The van der Waals surface area contributed by atoms with Gasteiger partial charge in [-0.15, -0.1) is 16.4 Å². The summed E-state index contributed by atoms with van der Waals surface area (Å²) in [5.74, 6) is 0.511. The van der Waals surface area contributed by atoms with Crippen LogP contribution in [0.3, 0.4) is 0 Å². The molecule has 0 aliphatic carbocycles. The Labute approximate surface area is 216 Å². The van der Waals surface area contributed by atoms with Gasteiger partial charge in [0, 0.05) is 5.56 Å². The molecular weight excluding hydrogens is 492 g/mol. The SMILES string of the molecule is CCOc1cc([C@H]2C(C#N)=C(N)Oc3n[nH]c(-c4ccc(OC)cc4)c32)ccc1OC(=O)c1cccs1. The van der Waals surface area contributed by atoms with Crippen LogP contribution >= 0.6 is 11.3 Å². The normalized spacial score (nSPS) is 14.4. The maximum Gasteiger partial charge on any atom is 0.353 e. The van der Waals surface area contributed by atoms with Crippen LogP contribution in [0.25, 0.3) is 11.3 Å². The molecule has 186 valence electrons. The van der Waals surface area contributed by atoms with E-state index in [-0.39, 0.29) is 23.1 Å². The number of H-pyrrole nitrogens is 1. The van der Waals surface area contributed by atoms with Crippen molar-refractivity contribution in [2.24, 2.45) is 5.73 Å². The summed E-state index contributed by atoms with van der Waals surface area (Å²) in [5.41, 5.74) is 9.21. The Hall–Kier alpha value is -4.75. The minimum Gasteiger partial charge on any atom is -0.497 e. The first-order valence-corrected chi connectivity index (χ1v) is 12.2. The average Bonchev–Trinajstić information content (AvgIpc) is 3.60. The molecule has 1 atom stereocenters. The van der Waals surface area contributed by atoms with Gasteiger partial charge >= 0.3 is 5.97 Å². The van der Waals surface area contributed by atoms with Crippen molar-refractivity contribution in [3.8, 4) is 40.5 Å². The molecule has 4 aromatic rings. The van der Waals surface area contributed by atoms with Crippen LogP contribution in [0.5, 0.6) is 23.1 Å². The van der Waals surface area contributed by atoms with Crippen LogP contribution in [0.15, 0.2) is 71.4 Å². The van der Waals surface area contributed by atoms with Crippen molar-refractivity contribution in [2.45, 2.75) is 12.8 Å². The van der Waals surface area contributed by atoms with Crippen molar-refractivity contribution in [3.63, 3.8) is 0 Å². The number of nitrogens with one attached hydrogen (secondary N) is 1. The Morgan fingerprint density at radius 1 is 1.22 bits per heavy atom. The van der Waals surface area contributed by atoms with E-state index >= 15 is 0 Å². The van der Waals surface area contributed by atoms with E-state index in [1.807, 2.05) is 31.2 Å². The molecule has 1 aliphatic heterocycles. The molecule has 0 unspecified atom stereocenters. The fraction of sp³-hybridized carbons (Fsp3) is 0.148. The largest absolute Gasteiger partial charge is 0.497 e. The third-order valence-corrected chi connectivity index (χ3v) is 6.69. The lowest BCUT2D eigenvalue weighted by Crippen LogP contribution is -2.21. The van der Waals surface area contributed by atoms with Crippen LogP contribution < -0.4 is 24.7 Å². The summed E-state index contributed by atoms with van der Waals surface area (Å²) in [7, 11) is 1.60. The molecule has 0 radical (unpaired) electrons. The third kappa shape index (κ3) is 4.48. The van der Waals surface area contributed by atoms with Gasteiger partial charge in [-0.2, -0.15) is 5.26 Å². The average molecular weight is 515 g/mol. The molecule has 0 spiro atoms. The van der Waals surface area contributed by atoms with E-state index in [1.165, 1.54) is 11.3 Å². The highest BCUT2D eigenvalue weighted by Gasteiger charge is 2.36. The standard InChI is InChI=1S/C27H22N4O5S/c1-3-34-20-13-16(8-11-19(20)35-27(32)21-5-4-12-37-21)22-18(14-28)25(29)36-26-23(22)24(30-31-26)15-6-9-17(33-2)10-7-15/h4-13,22H,3,29H2,1-2H3,(H,30,31)/t22-/m0/s1. The van der Waals surface area contributed by atoms with Crippen molar-refractivity contribution in [3.05, 3.63) is 87.4 Å². The lowest BCUT2D eigenvalue weighted by molar-refractivity contribution is 0.0733. The number of nitrogens with two attached hydrogens (primary N) is 1. The Kier molecular flexibility index (Phi) is 6.53. The van der Waals surface area contributed by atoms with Gasteiger partial charge in [-0.05, 0) is 60.3 Å². The predicted octanol–water partition coefficient (Wildman–Crippen LogP) is 4.98. The molecule has 0 fully saturated rings. The lowest BCUT2D eigenvalue weighted by Gasteiger charge is -2.25. The maximum atomic E-state index is 12.6. The highest BCUT2D eigenvalue weighted by Crippen LogP contribution is 2.47. The summed E-state index contributed by atoms with van der Waals surface area (Å²) in [4.78, 5) is 13.0. The van der Waals surface area contributed by atoms with E-state index in [2.05, 4.69) is 16.3 Å². The first-order valence-electron chi connectivity index (χ1n) is 11.4. The number of benzene rings is 2. The van der Waals surface area contributed by atoms with Crippen LogP contribution in [0.1, 0.15) is 33.6 Å². The number of esters is 1. The molecular formula is C27H22N4O5S. The van der Waals surface area contributed by atoms with Crippen LogP contribution in [0.4, 0.5) is 0 Å². The fourth-order valence-corrected chi connectivity index (χ4v) is 4.76. The molecule has 5 rings (SSSR count). The fourth-order valence-electron chi connectivity index (χ4n) is 4.16. The van der Waals surface area contributed by atoms with Crippen LogP contribution in [0.2, 0.25) is 0 Å². The maximum absolute atomic E-state index is 12.6. The second-order valence-electron chi connectivity index (χ2n) is 7.98. The zero-order chi connectivity index (χ0) is 25.9. The smallest absolute Gasteiger partial charge is 0.353 e. The predicted molar refractivity (Wildman–Crippen MR) is 137 cm³/mol. The first-order chi connectivity index (χ1) is 18.0. The van der Waals surface area contributed by atoms with E-state index < -0.39 is 11.9 Å². The number of carbonyl (C=O) groups is 1. The summed E-state index contributed by atoms with van der Waals surface area (Å²) in [6, 6.07) is 18.3. The summed E-state index contributed by atoms with van der Waals surface area (Å²) >= 11 is 1.29. The number of thiophene rings is 1. The molecule has 0 bridgehead atoms. The second-order valence-corrected chi connectivity index (χ2v) is 8.92. The Balaban J connectivity index is 1.59. The molecule has 3 N–H and O–H groups in total. The van der Waals surface area contributed by atoms with E-state index in [0.29, 0.717) is 39.8 Å². The third-order valence-electron chi connectivity index (χ3n) is 5.84. The molecule has 0 amide bonds. The molecule has 2 aromatic carbocycles. The van der Waals surface area contributed by atoms with Gasteiger partial charge in [0.25, 0.3) is 0 Å². The van der Waals surface area contributed by atoms with Gasteiger partial charge in [-0.1, -0.05) is 12.1 Å². The first kappa shape index (κ1) is 24.0. The Bertz CT molecular complexity index is 1520. The van der Waals surface area contributed by atoms with E-state index in [0.717, 1.165) is 5.56 Å². The van der Waals surface area contributed by atoms with Gasteiger partial charge in [0.05, 0.1) is 30.9 Å². The van der Waals surface area contributed by atoms with Crippen molar-refractivity contribution < 1.29 is 23.7 Å². The van der Waals surface area contributed by atoms with Crippen LogP contribution in [-0.2, 0) is 0 Å². The highest BCUT2D eigenvalue weighted by atomic mass is 32.1. The number of aromatic amines is 1. The molecule has 10 heteroatoms. The Morgan fingerprint density at radius 2 is 2.03 bits per heavy atom. The van der Waals surface area contributed by atoms with Crippen LogP contribution in [-0.4, -0.2) is 29.9 Å². The summed E-state index contributed by atoms with van der Waals surface area (Å²) < 4.78 is 22.4. The second kappa shape index (κ2) is 10.1. The number of hydrogen-bond acceptors (Lipinski definition) is 9. The molecule has 37 heavy (non-hydrogen) atoms. The van der Waals surface area contributed by atoms with Gasteiger partial charge in [0.15, 0.2) is 11.5 Å². The number of carbonyl (C=O) groups excluding carboxylic acids is 1. The lowest BCUT2D eigenvalue weighted by atomic mass is 9.83. The van der Waals surface area contributed by atoms with Crippen molar-refractivity contribution in [2.75, 3.05) is 13.7 Å². The zero-order valence-corrected chi connectivity index (χ0v) is 20.8. The molecule has 2 aromatic heterocycles. The van der Waals surface area contributed by atoms with Gasteiger partial charge in [0.2, 0.25) is 11.8 Å². The number of methoxy groups -OCH3 is 1. The number of nitrogens with zero attached hydrogens (tertiary/aromatic N) is 2. The topological polar surface area (TPSA) is 132 Å². The molecule has 3 heterocycles. The van der Waals surface area contributed by atoms with Crippen molar-refractivity contribution >= 4 is 17.3 Å². The minimum atomic E-state index is -0.606. The number of rotatable bonds is 7. The monoisotopic (exact) mass is 514 g/mol. The summed E-state index contributed by atoms with van der Waals surface area (Å²) in [6.45, 7) is 2.18. The van der Waals surface area contributed by atoms with Gasteiger partial charge in [-0.25, -0.2) is 4.79 Å². The van der Waals surface area contributed by atoms with Crippen molar-refractivity contribution in [1.29, 1.82) is 5.26 Å². The number of ether oxygens (including phenoxy) is 4. The summed E-state index contributed by atoms with van der Waals surface area (Å²) in [5, 5.41) is 19.2. The quantitative estimate of drug-likeness (QED) is 0.261. The highest BCUT2D eigenvalue weighted by molar-refractivity contribution is 7.12. The Morgan fingerprint density at radius 3 is 2.70 bits per heavy atom. The van der Waals surface area contributed by atoms with E-state index in [9.17, 15) is 10.1 Å². The molecule has 0 saturated carbocycles. The van der Waals surface area contributed by atoms with Gasteiger partial charge in [-0.3, -0.25) is 5.10 Å². The van der Waals surface area contributed by atoms with Gasteiger partial charge in [0.1, 0.15) is 22.3 Å². The van der Waals surface area contributed by atoms with Gasteiger partial charge < -0.3 is 24.7 Å².